The highest BCUT2D eigenvalue weighted by molar-refractivity contribution is 6.19. The number of allylic oxidation sites excluding steroid dienone is 4. The van der Waals surface area contributed by atoms with Gasteiger partial charge < -0.3 is 9.32 Å². The summed E-state index contributed by atoms with van der Waals surface area (Å²) in [5.41, 5.74) is 14.4. The standard InChI is InChI=1S/C49H37NO/c1-49(2)45-20-12-11-18-39(45)40-28-26-37(30-46(40)49)50(35-15-7-4-8-16-35)36-24-21-32(22-25-36)34-23-27-41-44-31-43(33-13-5-3-6-14-33)38-17-9-10-19-42(38)48(44)51-47(41)29-34/h3-19,21-31,45H,20H2,1-2H3. The van der Waals surface area contributed by atoms with Crippen LogP contribution in [-0.2, 0) is 5.41 Å². The Hall–Kier alpha value is -6.12. The molecule has 2 aliphatic rings. The van der Waals surface area contributed by atoms with Gasteiger partial charge in [-0.15, -0.1) is 0 Å². The molecule has 10 rings (SSSR count). The molecule has 0 bridgehead atoms. The fraction of sp³-hybridized carbons (Fsp3) is 0.102. The van der Waals surface area contributed by atoms with Gasteiger partial charge in [0.2, 0.25) is 0 Å². The molecular weight excluding hydrogens is 619 g/mol. The lowest BCUT2D eigenvalue weighted by atomic mass is 9.75. The van der Waals surface area contributed by atoms with E-state index in [9.17, 15) is 0 Å². The normalized spacial score (nSPS) is 16.0. The molecule has 0 saturated carbocycles. The Labute approximate surface area is 298 Å². The van der Waals surface area contributed by atoms with Crippen LogP contribution in [0.25, 0.3) is 60.5 Å². The first-order valence-corrected chi connectivity index (χ1v) is 18.0. The van der Waals surface area contributed by atoms with Gasteiger partial charge in [-0.2, -0.15) is 0 Å². The average molecular weight is 656 g/mol. The van der Waals surface area contributed by atoms with E-state index in [0.29, 0.717) is 5.92 Å². The molecule has 0 N–H and O–H groups in total. The monoisotopic (exact) mass is 655 g/mol. The zero-order chi connectivity index (χ0) is 34.1. The summed E-state index contributed by atoms with van der Waals surface area (Å²) in [6, 6.07) is 54.9. The smallest absolute Gasteiger partial charge is 0.143 e. The van der Waals surface area contributed by atoms with Gasteiger partial charge in [-0.05, 0) is 117 Å². The number of benzene rings is 7. The topological polar surface area (TPSA) is 16.4 Å². The zero-order valence-electron chi connectivity index (χ0n) is 28.8. The first-order chi connectivity index (χ1) is 25.0. The SMILES string of the molecule is CC1(C)c2cc(N(c3ccccc3)c3ccc(-c4ccc5c(c4)oc4c6ccccc6c(-c6ccccc6)cc54)cc3)ccc2C2=CC=CCC21. The molecular formula is C49H37NO. The fourth-order valence-electron chi connectivity index (χ4n) is 8.70. The number of para-hydroxylation sites is 1. The first kappa shape index (κ1) is 29.8. The van der Waals surface area contributed by atoms with Crippen LogP contribution in [0.3, 0.4) is 0 Å². The molecule has 2 heteroatoms. The zero-order valence-corrected chi connectivity index (χ0v) is 28.8. The van der Waals surface area contributed by atoms with Crippen molar-refractivity contribution in [2.45, 2.75) is 25.7 Å². The number of hydrogen-bond donors (Lipinski definition) is 0. The summed E-state index contributed by atoms with van der Waals surface area (Å²) in [4.78, 5) is 2.38. The highest BCUT2D eigenvalue weighted by Gasteiger charge is 2.42. The van der Waals surface area contributed by atoms with Crippen molar-refractivity contribution in [1.82, 2.24) is 0 Å². The maximum absolute atomic E-state index is 6.67. The van der Waals surface area contributed by atoms with Crippen molar-refractivity contribution >= 4 is 55.3 Å². The number of nitrogens with zero attached hydrogens (tertiary/aromatic N) is 1. The molecule has 0 spiro atoms. The molecule has 51 heavy (non-hydrogen) atoms. The van der Waals surface area contributed by atoms with Crippen LogP contribution >= 0.6 is 0 Å². The molecule has 0 aliphatic heterocycles. The quantitative estimate of drug-likeness (QED) is 0.183. The second kappa shape index (κ2) is 11.5. The summed E-state index contributed by atoms with van der Waals surface area (Å²) >= 11 is 0. The average Bonchev–Trinajstić information content (AvgIpc) is 3.67. The van der Waals surface area contributed by atoms with Crippen molar-refractivity contribution in [2.24, 2.45) is 5.92 Å². The molecule has 244 valence electrons. The number of hydrogen-bond acceptors (Lipinski definition) is 2. The van der Waals surface area contributed by atoms with Crippen LogP contribution in [0.4, 0.5) is 17.1 Å². The number of anilines is 3. The van der Waals surface area contributed by atoms with E-state index in [0.717, 1.165) is 56.2 Å². The number of fused-ring (bicyclic) bond motifs is 8. The summed E-state index contributed by atoms with van der Waals surface area (Å²) in [5, 5.41) is 4.62. The Bertz CT molecular complexity index is 2680. The van der Waals surface area contributed by atoms with E-state index in [1.807, 2.05) is 0 Å². The molecule has 1 atom stereocenters. The first-order valence-electron chi connectivity index (χ1n) is 18.0. The summed E-state index contributed by atoms with van der Waals surface area (Å²) in [5.74, 6) is 0.519. The third kappa shape index (κ3) is 4.71. The van der Waals surface area contributed by atoms with E-state index >= 15 is 0 Å². The van der Waals surface area contributed by atoms with Crippen LogP contribution in [0.15, 0.2) is 174 Å². The van der Waals surface area contributed by atoms with Crippen LogP contribution in [0.1, 0.15) is 31.4 Å². The fourth-order valence-corrected chi connectivity index (χ4v) is 8.70. The second-order valence-corrected chi connectivity index (χ2v) is 14.5. The Morgan fingerprint density at radius 3 is 2.04 bits per heavy atom. The van der Waals surface area contributed by atoms with Crippen LogP contribution in [-0.4, -0.2) is 0 Å². The summed E-state index contributed by atoms with van der Waals surface area (Å²) < 4.78 is 6.67. The molecule has 1 heterocycles. The minimum Gasteiger partial charge on any atom is -0.455 e. The van der Waals surface area contributed by atoms with Gasteiger partial charge in [0, 0.05) is 33.2 Å². The lowest BCUT2D eigenvalue weighted by molar-refractivity contribution is 0.415. The van der Waals surface area contributed by atoms with Crippen molar-refractivity contribution in [2.75, 3.05) is 4.90 Å². The lowest BCUT2D eigenvalue weighted by Gasteiger charge is -2.30. The van der Waals surface area contributed by atoms with E-state index in [1.165, 1.54) is 38.9 Å². The largest absolute Gasteiger partial charge is 0.455 e. The number of furan rings is 1. The maximum Gasteiger partial charge on any atom is 0.143 e. The van der Waals surface area contributed by atoms with Crippen molar-refractivity contribution < 1.29 is 4.42 Å². The Morgan fingerprint density at radius 1 is 0.549 bits per heavy atom. The van der Waals surface area contributed by atoms with Crippen LogP contribution in [0.5, 0.6) is 0 Å². The molecule has 0 amide bonds. The van der Waals surface area contributed by atoms with Crippen molar-refractivity contribution in [3.05, 3.63) is 181 Å². The molecule has 0 saturated heterocycles. The Balaban J connectivity index is 1.05. The molecule has 2 nitrogen and oxygen atoms in total. The van der Waals surface area contributed by atoms with Gasteiger partial charge >= 0.3 is 0 Å². The molecule has 1 aromatic heterocycles. The minimum absolute atomic E-state index is 0.0683. The van der Waals surface area contributed by atoms with E-state index in [2.05, 4.69) is 189 Å². The lowest BCUT2D eigenvalue weighted by Crippen LogP contribution is -2.24. The summed E-state index contributed by atoms with van der Waals surface area (Å²) in [6.07, 6.45) is 7.95. The highest BCUT2D eigenvalue weighted by atomic mass is 16.3. The van der Waals surface area contributed by atoms with E-state index in [4.69, 9.17) is 4.42 Å². The Morgan fingerprint density at radius 2 is 1.24 bits per heavy atom. The van der Waals surface area contributed by atoms with Crippen molar-refractivity contribution in [1.29, 1.82) is 0 Å². The molecule has 2 aliphatic carbocycles. The van der Waals surface area contributed by atoms with Crippen LogP contribution in [0, 0.1) is 5.92 Å². The molecule has 0 radical (unpaired) electrons. The van der Waals surface area contributed by atoms with Gasteiger partial charge in [0.15, 0.2) is 0 Å². The number of rotatable bonds is 5. The van der Waals surface area contributed by atoms with Gasteiger partial charge in [0.1, 0.15) is 11.2 Å². The molecule has 8 aromatic rings. The molecule has 1 unspecified atom stereocenters. The van der Waals surface area contributed by atoms with Gasteiger partial charge in [0.05, 0.1) is 0 Å². The van der Waals surface area contributed by atoms with Gasteiger partial charge in [-0.25, -0.2) is 0 Å². The van der Waals surface area contributed by atoms with Gasteiger partial charge in [0.25, 0.3) is 0 Å². The summed E-state index contributed by atoms with van der Waals surface area (Å²) in [7, 11) is 0. The Kier molecular flexibility index (Phi) is 6.69. The minimum atomic E-state index is 0.0683. The highest BCUT2D eigenvalue weighted by Crippen LogP contribution is 2.54. The van der Waals surface area contributed by atoms with Crippen molar-refractivity contribution in [3.8, 4) is 22.3 Å². The van der Waals surface area contributed by atoms with Crippen molar-refractivity contribution in [3.63, 3.8) is 0 Å². The second-order valence-electron chi connectivity index (χ2n) is 14.5. The molecule has 0 fully saturated rings. The van der Waals surface area contributed by atoms with E-state index in [1.54, 1.807) is 0 Å². The van der Waals surface area contributed by atoms with Gasteiger partial charge in [-0.1, -0.05) is 129 Å². The third-order valence-corrected chi connectivity index (χ3v) is 11.3. The predicted octanol–water partition coefficient (Wildman–Crippen LogP) is 13.8. The summed E-state index contributed by atoms with van der Waals surface area (Å²) in [6.45, 7) is 4.82. The van der Waals surface area contributed by atoms with E-state index < -0.39 is 0 Å². The van der Waals surface area contributed by atoms with Crippen LogP contribution < -0.4 is 4.90 Å². The third-order valence-electron chi connectivity index (χ3n) is 11.3. The van der Waals surface area contributed by atoms with E-state index in [-0.39, 0.29) is 5.41 Å². The van der Waals surface area contributed by atoms with Crippen LogP contribution in [0.2, 0.25) is 0 Å². The maximum atomic E-state index is 6.67. The predicted molar refractivity (Wildman–Crippen MR) is 215 cm³/mol. The molecule has 7 aromatic carbocycles. The van der Waals surface area contributed by atoms with Gasteiger partial charge in [-0.3, -0.25) is 0 Å².